The third-order valence-corrected chi connectivity index (χ3v) is 2.30. The number of fused-ring (bicyclic) bond motifs is 1. The van der Waals surface area contributed by atoms with Gasteiger partial charge in [-0.1, -0.05) is 0 Å². The largest absolute Gasteiger partial charge is 0.497 e. The van der Waals surface area contributed by atoms with Crippen molar-refractivity contribution in [3.8, 4) is 5.75 Å². The Morgan fingerprint density at radius 1 is 1.44 bits per heavy atom. The Kier molecular flexibility index (Phi) is 2.72. The zero-order chi connectivity index (χ0) is 11.5. The van der Waals surface area contributed by atoms with Crippen LogP contribution < -0.4 is 4.74 Å². The number of hydrogen-bond donors (Lipinski definition) is 1. The maximum atomic E-state index is 10.6. The van der Waals surface area contributed by atoms with Crippen molar-refractivity contribution in [3.05, 3.63) is 36.0 Å². The number of hydrogen-bond acceptors (Lipinski definition) is 3. The van der Waals surface area contributed by atoms with Crippen LogP contribution in [0.2, 0.25) is 0 Å². The van der Waals surface area contributed by atoms with E-state index in [1.165, 1.54) is 0 Å². The first-order valence-corrected chi connectivity index (χ1v) is 4.83. The number of carboxylic acids is 1. The lowest BCUT2D eigenvalue weighted by Crippen LogP contribution is -2.00. The fourth-order valence-electron chi connectivity index (χ4n) is 1.55. The van der Waals surface area contributed by atoms with Gasteiger partial charge in [-0.15, -0.1) is 0 Å². The topological polar surface area (TPSA) is 59.4 Å². The molecule has 0 amide bonds. The summed E-state index contributed by atoms with van der Waals surface area (Å²) in [5.41, 5.74) is 1.50. The highest BCUT2D eigenvalue weighted by Gasteiger charge is 2.03. The van der Waals surface area contributed by atoms with Crippen molar-refractivity contribution in [2.24, 2.45) is 0 Å². The molecule has 2 aromatic rings. The van der Waals surface area contributed by atoms with Gasteiger partial charge in [-0.2, -0.15) is 0 Å². The summed E-state index contributed by atoms with van der Waals surface area (Å²) in [5, 5.41) is 9.59. The summed E-state index contributed by atoms with van der Waals surface area (Å²) in [6.07, 6.45) is 1.57. The van der Waals surface area contributed by atoms with Gasteiger partial charge in [0.2, 0.25) is 0 Å². The first kappa shape index (κ1) is 10.4. The SMILES string of the molecule is COc1ccc2cc(CC(=O)O)cnc2c1. The monoisotopic (exact) mass is 217 g/mol. The van der Waals surface area contributed by atoms with Gasteiger partial charge in [-0.25, -0.2) is 0 Å². The molecule has 16 heavy (non-hydrogen) atoms. The average molecular weight is 217 g/mol. The lowest BCUT2D eigenvalue weighted by Gasteiger charge is -2.03. The number of ether oxygens (including phenoxy) is 1. The van der Waals surface area contributed by atoms with Crippen molar-refractivity contribution in [1.82, 2.24) is 4.98 Å². The predicted molar refractivity (Wildman–Crippen MR) is 59.6 cm³/mol. The molecule has 0 spiro atoms. The molecule has 4 nitrogen and oxygen atoms in total. The second-order valence-corrected chi connectivity index (χ2v) is 3.47. The number of methoxy groups -OCH3 is 1. The highest BCUT2D eigenvalue weighted by atomic mass is 16.5. The molecule has 2 rings (SSSR count). The zero-order valence-electron chi connectivity index (χ0n) is 8.80. The molecule has 1 N–H and O–H groups in total. The molecule has 1 heterocycles. The molecule has 0 bridgehead atoms. The number of carbonyl (C=O) groups is 1. The van der Waals surface area contributed by atoms with Gasteiger partial charge in [-0.05, 0) is 23.8 Å². The second kappa shape index (κ2) is 4.18. The van der Waals surface area contributed by atoms with Crippen LogP contribution in [0.15, 0.2) is 30.5 Å². The van der Waals surface area contributed by atoms with Gasteiger partial charge in [-0.3, -0.25) is 9.78 Å². The number of rotatable bonds is 3. The van der Waals surface area contributed by atoms with Gasteiger partial charge in [0, 0.05) is 17.6 Å². The summed E-state index contributed by atoms with van der Waals surface area (Å²) in [6, 6.07) is 7.34. The van der Waals surface area contributed by atoms with Crippen LogP contribution in [0, 0.1) is 0 Å². The van der Waals surface area contributed by atoms with E-state index in [9.17, 15) is 4.79 Å². The van der Waals surface area contributed by atoms with E-state index in [0.29, 0.717) is 5.56 Å². The van der Waals surface area contributed by atoms with E-state index in [4.69, 9.17) is 9.84 Å². The van der Waals surface area contributed by atoms with Gasteiger partial charge >= 0.3 is 5.97 Å². The van der Waals surface area contributed by atoms with E-state index >= 15 is 0 Å². The van der Waals surface area contributed by atoms with Crippen LogP contribution in [0.5, 0.6) is 5.75 Å². The fourth-order valence-corrected chi connectivity index (χ4v) is 1.55. The molecule has 0 atom stereocenters. The predicted octanol–water partition coefficient (Wildman–Crippen LogP) is 1.87. The minimum atomic E-state index is -0.852. The van der Waals surface area contributed by atoms with Crippen molar-refractivity contribution in [2.45, 2.75) is 6.42 Å². The van der Waals surface area contributed by atoms with E-state index in [1.807, 2.05) is 24.3 Å². The molecule has 0 aliphatic carbocycles. The van der Waals surface area contributed by atoms with Crippen LogP contribution in [0.3, 0.4) is 0 Å². The number of aromatic nitrogens is 1. The van der Waals surface area contributed by atoms with Crippen LogP contribution in [0.4, 0.5) is 0 Å². The molecule has 82 valence electrons. The normalized spacial score (nSPS) is 10.3. The molecule has 0 fully saturated rings. The van der Waals surface area contributed by atoms with Crippen molar-refractivity contribution >= 4 is 16.9 Å². The minimum absolute atomic E-state index is 0.00499. The Morgan fingerprint density at radius 2 is 2.25 bits per heavy atom. The van der Waals surface area contributed by atoms with Crippen LogP contribution >= 0.6 is 0 Å². The van der Waals surface area contributed by atoms with Crippen molar-refractivity contribution in [2.75, 3.05) is 7.11 Å². The molecular formula is C12H11NO3. The minimum Gasteiger partial charge on any atom is -0.497 e. The number of aliphatic carboxylic acids is 1. The van der Waals surface area contributed by atoms with E-state index in [-0.39, 0.29) is 6.42 Å². The smallest absolute Gasteiger partial charge is 0.307 e. The molecule has 1 aromatic heterocycles. The molecule has 1 aromatic carbocycles. The van der Waals surface area contributed by atoms with Gasteiger partial charge in [0.05, 0.1) is 19.0 Å². The van der Waals surface area contributed by atoms with E-state index in [0.717, 1.165) is 16.7 Å². The van der Waals surface area contributed by atoms with Crippen molar-refractivity contribution in [1.29, 1.82) is 0 Å². The quantitative estimate of drug-likeness (QED) is 0.852. The Hall–Kier alpha value is -2.10. The van der Waals surface area contributed by atoms with Crippen LogP contribution in [0.1, 0.15) is 5.56 Å². The standard InChI is InChI=1S/C12H11NO3/c1-16-10-3-2-9-4-8(5-12(14)15)7-13-11(9)6-10/h2-4,6-7H,5H2,1H3,(H,14,15). The van der Waals surface area contributed by atoms with Crippen LogP contribution in [-0.2, 0) is 11.2 Å². The Labute approximate surface area is 92.5 Å². The van der Waals surface area contributed by atoms with E-state index in [1.54, 1.807) is 13.3 Å². The third kappa shape index (κ3) is 2.11. The van der Waals surface area contributed by atoms with E-state index in [2.05, 4.69) is 4.98 Å². The molecule has 0 saturated heterocycles. The zero-order valence-corrected chi connectivity index (χ0v) is 8.80. The Morgan fingerprint density at radius 3 is 2.94 bits per heavy atom. The number of carboxylic acid groups (broad SMARTS) is 1. The first-order valence-electron chi connectivity index (χ1n) is 4.83. The van der Waals surface area contributed by atoms with Crippen molar-refractivity contribution in [3.63, 3.8) is 0 Å². The number of nitrogens with zero attached hydrogens (tertiary/aromatic N) is 1. The number of benzene rings is 1. The maximum absolute atomic E-state index is 10.6. The summed E-state index contributed by atoms with van der Waals surface area (Å²) < 4.78 is 5.08. The summed E-state index contributed by atoms with van der Waals surface area (Å²) in [7, 11) is 1.60. The molecule has 4 heteroatoms. The van der Waals surface area contributed by atoms with E-state index < -0.39 is 5.97 Å². The summed E-state index contributed by atoms with van der Waals surface area (Å²) in [4.78, 5) is 14.8. The molecule has 0 aliphatic heterocycles. The number of pyridine rings is 1. The van der Waals surface area contributed by atoms with Crippen LogP contribution in [-0.4, -0.2) is 23.2 Å². The average Bonchev–Trinajstić information content (AvgIpc) is 2.27. The Bertz CT molecular complexity index is 537. The van der Waals surface area contributed by atoms with Crippen molar-refractivity contribution < 1.29 is 14.6 Å². The lowest BCUT2D eigenvalue weighted by atomic mass is 10.1. The lowest BCUT2D eigenvalue weighted by molar-refractivity contribution is -0.136. The molecular weight excluding hydrogens is 206 g/mol. The Balaban J connectivity index is 2.43. The first-order chi connectivity index (χ1) is 7.69. The summed E-state index contributed by atoms with van der Waals surface area (Å²) in [6.45, 7) is 0. The van der Waals surface area contributed by atoms with Crippen LogP contribution in [0.25, 0.3) is 10.9 Å². The summed E-state index contributed by atoms with van der Waals surface area (Å²) >= 11 is 0. The molecule has 0 radical (unpaired) electrons. The second-order valence-electron chi connectivity index (χ2n) is 3.47. The molecule has 0 saturated carbocycles. The fraction of sp³-hybridized carbons (Fsp3) is 0.167. The highest BCUT2D eigenvalue weighted by Crippen LogP contribution is 2.19. The van der Waals surface area contributed by atoms with Gasteiger partial charge < -0.3 is 9.84 Å². The summed E-state index contributed by atoms with van der Waals surface area (Å²) in [5.74, 6) is -0.111. The van der Waals surface area contributed by atoms with Gasteiger partial charge in [0.25, 0.3) is 0 Å². The third-order valence-electron chi connectivity index (χ3n) is 2.30. The van der Waals surface area contributed by atoms with Gasteiger partial charge in [0.15, 0.2) is 0 Å². The maximum Gasteiger partial charge on any atom is 0.307 e. The highest BCUT2D eigenvalue weighted by molar-refractivity contribution is 5.81. The molecule has 0 unspecified atom stereocenters. The van der Waals surface area contributed by atoms with Gasteiger partial charge in [0.1, 0.15) is 5.75 Å². The molecule has 0 aliphatic rings.